The molecule has 1 aliphatic rings. The molecule has 75 heavy (non-hydrogen) atoms. The van der Waals surface area contributed by atoms with Gasteiger partial charge in [-0.15, -0.1) is 0 Å². The third-order valence-corrected chi connectivity index (χ3v) is 15.7. The van der Waals surface area contributed by atoms with E-state index >= 15 is 0 Å². The predicted molar refractivity (Wildman–Crippen MR) is 310 cm³/mol. The molecule has 0 aromatic rings. The molecule has 0 aliphatic carbocycles. The summed E-state index contributed by atoms with van der Waals surface area (Å²) in [5, 5.41) is 45.1. The summed E-state index contributed by atoms with van der Waals surface area (Å²) in [5.41, 5.74) is 0. The Bertz CT molecular complexity index is 1420. The highest BCUT2D eigenvalue weighted by atomic mass is 32.3. The Morgan fingerprint density at radius 1 is 0.520 bits per heavy atom. The summed E-state index contributed by atoms with van der Waals surface area (Å²) in [7, 11) is -5.09. The van der Waals surface area contributed by atoms with Gasteiger partial charge in [0.25, 0.3) is 0 Å². The van der Waals surface area contributed by atoms with E-state index in [1.165, 1.54) is 238 Å². The van der Waals surface area contributed by atoms with Gasteiger partial charge in [0, 0.05) is 6.42 Å². The number of aliphatic hydroxyl groups is 4. The van der Waals surface area contributed by atoms with Crippen LogP contribution in [0.4, 0.5) is 0 Å². The standard InChI is InChI=1S/C62H119NO11S/c1-3-5-7-9-11-13-15-17-19-21-23-25-27-28-30-31-33-35-37-39-41-43-45-47-49-51-56(65)55(54-72-62-60(68)61(74-75(69,70)71)59(67)57(53-64)73-62)63-58(66)52-50-48-46-44-42-40-38-36-34-32-29-26-24-22-20-18-16-14-12-10-8-6-4-2/h32,34,49,51,55-57,59-62,64-65,67-68H,3-31,33,35-48,50,52-54H2,1-2H3,(H,63,66)(H,69,70,71)/b34-32-,51-49+. The van der Waals surface area contributed by atoms with Crippen molar-refractivity contribution in [2.24, 2.45) is 0 Å². The molecule has 7 atom stereocenters. The smallest absolute Gasteiger partial charge is 0.394 e. The van der Waals surface area contributed by atoms with Gasteiger partial charge in [-0.05, 0) is 44.9 Å². The molecule has 0 aromatic heterocycles. The van der Waals surface area contributed by atoms with Crippen LogP contribution in [0.5, 0.6) is 0 Å². The average molecular weight is 1090 g/mol. The lowest BCUT2D eigenvalue weighted by Crippen LogP contribution is -2.61. The SMILES string of the molecule is CCCCCCCCCCCCCC/C=C\CCCCCCCCCC(=O)NC(COC1OC(CO)C(O)C(OS(=O)(=O)O)C1O)C(O)/C=C/CCCCCCCCCCCCCCCCCCCCCCCCC. The van der Waals surface area contributed by atoms with Gasteiger partial charge in [0.1, 0.15) is 24.4 Å². The first-order valence-corrected chi connectivity index (χ1v) is 33.1. The third kappa shape index (κ3) is 44.1. The summed E-state index contributed by atoms with van der Waals surface area (Å²) in [5.74, 6) is -0.262. The topological polar surface area (TPSA) is 192 Å². The number of carbonyl (C=O) groups excluding carboxylic acids is 1. The molecule has 1 amide bonds. The van der Waals surface area contributed by atoms with Gasteiger partial charge < -0.3 is 35.2 Å². The number of carbonyl (C=O) groups is 1. The molecule has 444 valence electrons. The first kappa shape index (κ1) is 71.6. The number of hydrogen-bond acceptors (Lipinski definition) is 10. The van der Waals surface area contributed by atoms with Crippen molar-refractivity contribution in [2.45, 2.75) is 352 Å². The van der Waals surface area contributed by atoms with E-state index in [1.54, 1.807) is 6.08 Å². The van der Waals surface area contributed by atoms with Crippen molar-refractivity contribution in [3.05, 3.63) is 24.3 Å². The van der Waals surface area contributed by atoms with Gasteiger partial charge in [0.15, 0.2) is 6.29 Å². The van der Waals surface area contributed by atoms with Crippen LogP contribution in [-0.2, 0) is 28.9 Å². The maximum atomic E-state index is 13.2. The monoisotopic (exact) mass is 1090 g/mol. The minimum absolute atomic E-state index is 0.262. The lowest BCUT2D eigenvalue weighted by molar-refractivity contribution is -0.298. The van der Waals surface area contributed by atoms with Crippen LogP contribution in [0.1, 0.15) is 309 Å². The number of amides is 1. The van der Waals surface area contributed by atoms with Crippen LogP contribution in [0.25, 0.3) is 0 Å². The van der Waals surface area contributed by atoms with E-state index in [0.29, 0.717) is 6.42 Å². The Hall–Kier alpha value is -1.42. The third-order valence-electron chi connectivity index (χ3n) is 15.2. The molecule has 1 aliphatic heterocycles. The number of allylic oxidation sites excluding steroid dienone is 3. The van der Waals surface area contributed by atoms with Crippen molar-refractivity contribution in [2.75, 3.05) is 13.2 Å². The maximum absolute atomic E-state index is 13.2. The second kappa shape index (κ2) is 52.0. The Morgan fingerprint density at radius 3 is 1.20 bits per heavy atom. The molecule has 0 saturated carbocycles. The number of nitrogens with one attached hydrogen (secondary N) is 1. The Morgan fingerprint density at radius 2 is 0.853 bits per heavy atom. The molecule has 0 bridgehead atoms. The Labute approximate surface area is 461 Å². The first-order chi connectivity index (χ1) is 36.5. The maximum Gasteiger partial charge on any atom is 0.397 e. The van der Waals surface area contributed by atoms with Crippen molar-refractivity contribution >= 4 is 16.3 Å². The van der Waals surface area contributed by atoms with Crippen molar-refractivity contribution in [1.29, 1.82) is 0 Å². The summed E-state index contributed by atoms with van der Waals surface area (Å²) in [6.45, 7) is 3.45. The van der Waals surface area contributed by atoms with Crippen molar-refractivity contribution in [3.63, 3.8) is 0 Å². The molecule has 0 aromatic carbocycles. The number of ether oxygens (including phenoxy) is 2. The Balaban J connectivity index is 2.33. The summed E-state index contributed by atoms with van der Waals surface area (Å²) < 4.78 is 47.9. The molecule has 0 spiro atoms. The molecule has 12 nitrogen and oxygen atoms in total. The lowest BCUT2D eigenvalue weighted by atomic mass is 9.99. The van der Waals surface area contributed by atoms with Crippen LogP contribution in [0.3, 0.4) is 0 Å². The second-order valence-corrected chi connectivity index (χ2v) is 23.4. The highest BCUT2D eigenvalue weighted by Gasteiger charge is 2.48. The molecule has 1 saturated heterocycles. The molecule has 1 fully saturated rings. The van der Waals surface area contributed by atoms with Gasteiger partial charge in [-0.3, -0.25) is 9.35 Å². The zero-order chi connectivity index (χ0) is 54.7. The highest BCUT2D eigenvalue weighted by molar-refractivity contribution is 7.80. The number of rotatable bonds is 56. The van der Waals surface area contributed by atoms with Crippen LogP contribution in [0, 0.1) is 0 Å². The molecular formula is C62H119NO11S. The minimum atomic E-state index is -5.09. The quantitative estimate of drug-likeness (QED) is 0.0193. The van der Waals surface area contributed by atoms with Crippen LogP contribution in [-0.4, -0.2) is 95.4 Å². The van der Waals surface area contributed by atoms with Gasteiger partial charge in [-0.2, -0.15) is 8.42 Å². The number of hydrogen-bond donors (Lipinski definition) is 6. The van der Waals surface area contributed by atoms with E-state index in [4.69, 9.17) is 9.47 Å². The normalized spacial score (nSPS) is 19.2. The fourth-order valence-electron chi connectivity index (χ4n) is 10.3. The molecule has 1 heterocycles. The van der Waals surface area contributed by atoms with Crippen molar-refractivity contribution < 1.29 is 51.8 Å². The molecule has 6 N–H and O–H groups in total. The summed E-state index contributed by atoms with van der Waals surface area (Å²) in [6, 6.07) is -0.946. The van der Waals surface area contributed by atoms with Gasteiger partial charge in [-0.1, -0.05) is 282 Å². The molecule has 13 heteroatoms. The summed E-state index contributed by atoms with van der Waals surface area (Å²) in [4.78, 5) is 13.2. The molecule has 0 radical (unpaired) electrons. The zero-order valence-corrected chi connectivity index (χ0v) is 49.2. The van der Waals surface area contributed by atoms with Gasteiger partial charge >= 0.3 is 10.4 Å². The van der Waals surface area contributed by atoms with Crippen LogP contribution >= 0.6 is 0 Å². The van der Waals surface area contributed by atoms with Crippen molar-refractivity contribution in [1.82, 2.24) is 5.32 Å². The van der Waals surface area contributed by atoms with Crippen LogP contribution in [0.15, 0.2) is 24.3 Å². The van der Waals surface area contributed by atoms with Crippen molar-refractivity contribution in [3.8, 4) is 0 Å². The van der Waals surface area contributed by atoms with E-state index in [1.807, 2.05) is 6.08 Å². The highest BCUT2D eigenvalue weighted by Crippen LogP contribution is 2.26. The van der Waals surface area contributed by atoms with Gasteiger partial charge in [0.2, 0.25) is 5.91 Å². The molecular weight excluding hydrogens is 967 g/mol. The summed E-state index contributed by atoms with van der Waals surface area (Å²) >= 11 is 0. The fourth-order valence-corrected chi connectivity index (χ4v) is 10.8. The molecule has 1 rings (SSSR count). The van der Waals surface area contributed by atoms with E-state index in [9.17, 15) is 38.2 Å². The molecule has 7 unspecified atom stereocenters. The first-order valence-electron chi connectivity index (χ1n) is 31.7. The van der Waals surface area contributed by atoms with Gasteiger partial charge in [0.05, 0.1) is 25.4 Å². The lowest BCUT2D eigenvalue weighted by Gasteiger charge is -2.41. The largest absolute Gasteiger partial charge is 0.397 e. The van der Waals surface area contributed by atoms with Crippen LogP contribution < -0.4 is 5.32 Å². The van der Waals surface area contributed by atoms with E-state index in [0.717, 1.165) is 44.9 Å². The predicted octanol–water partition coefficient (Wildman–Crippen LogP) is 15.6. The number of unbranched alkanes of at least 4 members (excludes halogenated alkanes) is 42. The second-order valence-electron chi connectivity index (χ2n) is 22.4. The summed E-state index contributed by atoms with van der Waals surface area (Å²) in [6.07, 6.45) is 56.6. The minimum Gasteiger partial charge on any atom is -0.394 e. The van der Waals surface area contributed by atoms with Crippen LogP contribution in [0.2, 0.25) is 0 Å². The van der Waals surface area contributed by atoms with E-state index in [2.05, 4.69) is 35.5 Å². The Kier molecular flexibility index (Phi) is 49.6. The van der Waals surface area contributed by atoms with Gasteiger partial charge in [-0.25, -0.2) is 4.18 Å². The number of aliphatic hydroxyl groups excluding tert-OH is 4. The zero-order valence-electron chi connectivity index (χ0n) is 48.4. The fraction of sp³-hybridized carbons (Fsp3) is 0.919. The average Bonchev–Trinajstić information content (AvgIpc) is 3.39. The van der Waals surface area contributed by atoms with E-state index in [-0.39, 0.29) is 18.9 Å². The van der Waals surface area contributed by atoms with E-state index < -0.39 is 59.9 Å².